The minimum Gasteiger partial charge on any atom is -0.325 e. The zero-order chi connectivity index (χ0) is 20.1. The molecule has 0 aliphatic carbocycles. The third-order valence-electron chi connectivity index (χ3n) is 5.35. The lowest BCUT2D eigenvalue weighted by Gasteiger charge is -2.31. The fourth-order valence-electron chi connectivity index (χ4n) is 3.64. The van der Waals surface area contributed by atoms with Crippen LogP contribution in [0.15, 0.2) is 48.5 Å². The second-order valence-corrected chi connectivity index (χ2v) is 7.74. The van der Waals surface area contributed by atoms with Crippen LogP contribution >= 0.6 is 0 Å². The van der Waals surface area contributed by atoms with E-state index in [4.69, 9.17) is 0 Å². The molecule has 1 fully saturated rings. The normalized spacial score (nSPS) is 14.8. The second-order valence-electron chi connectivity index (χ2n) is 7.74. The number of carbonyl (C=O) groups excluding carboxylic acids is 2. The summed E-state index contributed by atoms with van der Waals surface area (Å²) in [6, 6.07) is 15.5. The SMILES string of the molecule is Cc1cccc(C(C)C)c1NC(=O)C1CCN(C(=O)Nc2ccccc2)CC1. The third kappa shape index (κ3) is 4.71. The van der Waals surface area contributed by atoms with Crippen LogP contribution in [0.25, 0.3) is 0 Å². The van der Waals surface area contributed by atoms with Crippen molar-refractivity contribution in [2.45, 2.75) is 39.5 Å². The molecule has 0 unspecified atom stereocenters. The Balaban J connectivity index is 1.57. The standard InChI is InChI=1S/C23H29N3O2/c1-16(2)20-11-7-8-17(3)21(20)25-22(27)18-12-14-26(15-13-18)23(28)24-19-9-5-4-6-10-19/h4-11,16,18H,12-15H2,1-3H3,(H,24,28)(H,25,27). The van der Waals surface area contributed by atoms with Crippen LogP contribution in [-0.4, -0.2) is 29.9 Å². The Morgan fingerprint density at radius 3 is 2.29 bits per heavy atom. The van der Waals surface area contributed by atoms with E-state index >= 15 is 0 Å². The third-order valence-corrected chi connectivity index (χ3v) is 5.35. The van der Waals surface area contributed by atoms with Gasteiger partial charge in [0.2, 0.25) is 5.91 Å². The Morgan fingerprint density at radius 1 is 0.964 bits per heavy atom. The fraction of sp³-hybridized carbons (Fsp3) is 0.391. The van der Waals surface area contributed by atoms with Gasteiger partial charge in [-0.25, -0.2) is 4.79 Å². The summed E-state index contributed by atoms with van der Waals surface area (Å²) in [6.45, 7) is 7.46. The minimum atomic E-state index is -0.106. The first kappa shape index (κ1) is 19.9. The quantitative estimate of drug-likeness (QED) is 0.785. The summed E-state index contributed by atoms with van der Waals surface area (Å²) in [5, 5.41) is 6.07. The smallest absolute Gasteiger partial charge is 0.321 e. The fourth-order valence-corrected chi connectivity index (χ4v) is 3.64. The van der Waals surface area contributed by atoms with Crippen LogP contribution in [-0.2, 0) is 4.79 Å². The molecule has 2 aromatic carbocycles. The highest BCUT2D eigenvalue weighted by atomic mass is 16.2. The molecule has 1 aliphatic rings. The van der Waals surface area contributed by atoms with E-state index in [9.17, 15) is 9.59 Å². The van der Waals surface area contributed by atoms with Gasteiger partial charge in [0.1, 0.15) is 0 Å². The van der Waals surface area contributed by atoms with Crippen LogP contribution in [0.1, 0.15) is 43.7 Å². The van der Waals surface area contributed by atoms with Gasteiger partial charge in [-0.3, -0.25) is 4.79 Å². The van der Waals surface area contributed by atoms with E-state index in [0.717, 1.165) is 22.5 Å². The lowest BCUT2D eigenvalue weighted by Crippen LogP contribution is -2.43. The number of carbonyl (C=O) groups is 2. The number of piperidine rings is 1. The predicted octanol–water partition coefficient (Wildman–Crippen LogP) is 5.00. The molecule has 0 spiro atoms. The predicted molar refractivity (Wildman–Crippen MR) is 114 cm³/mol. The molecule has 0 saturated carbocycles. The maximum absolute atomic E-state index is 12.8. The van der Waals surface area contributed by atoms with Gasteiger partial charge in [0.15, 0.2) is 0 Å². The van der Waals surface area contributed by atoms with Crippen molar-refractivity contribution in [3.63, 3.8) is 0 Å². The van der Waals surface area contributed by atoms with Crippen molar-refractivity contribution in [1.82, 2.24) is 4.90 Å². The number of urea groups is 1. The maximum atomic E-state index is 12.8. The van der Waals surface area contributed by atoms with Crippen molar-refractivity contribution >= 4 is 23.3 Å². The highest BCUT2D eigenvalue weighted by molar-refractivity contribution is 5.94. The largest absolute Gasteiger partial charge is 0.325 e. The highest BCUT2D eigenvalue weighted by Crippen LogP contribution is 2.29. The van der Waals surface area contributed by atoms with Crippen LogP contribution in [0.2, 0.25) is 0 Å². The Bertz CT molecular complexity index is 825. The number of likely N-dealkylation sites (tertiary alicyclic amines) is 1. The zero-order valence-electron chi connectivity index (χ0n) is 16.9. The van der Waals surface area contributed by atoms with Crippen molar-refractivity contribution in [3.8, 4) is 0 Å². The second kappa shape index (κ2) is 8.91. The Kier molecular flexibility index (Phi) is 6.34. The average Bonchev–Trinajstić information content (AvgIpc) is 2.70. The van der Waals surface area contributed by atoms with Crippen molar-refractivity contribution in [2.24, 2.45) is 5.92 Å². The van der Waals surface area contributed by atoms with Crippen molar-refractivity contribution in [3.05, 3.63) is 59.7 Å². The van der Waals surface area contributed by atoms with Crippen molar-refractivity contribution in [2.75, 3.05) is 23.7 Å². The molecule has 1 saturated heterocycles. The van der Waals surface area contributed by atoms with Crippen molar-refractivity contribution < 1.29 is 9.59 Å². The highest BCUT2D eigenvalue weighted by Gasteiger charge is 2.28. The molecular weight excluding hydrogens is 350 g/mol. The first-order chi connectivity index (χ1) is 13.5. The van der Waals surface area contributed by atoms with Gasteiger partial charge in [0, 0.05) is 30.4 Å². The molecule has 3 rings (SSSR count). The number of amides is 3. The monoisotopic (exact) mass is 379 g/mol. The van der Waals surface area contributed by atoms with Gasteiger partial charge >= 0.3 is 6.03 Å². The van der Waals surface area contributed by atoms with E-state index in [0.29, 0.717) is 31.8 Å². The van der Waals surface area contributed by atoms with E-state index in [-0.39, 0.29) is 17.9 Å². The summed E-state index contributed by atoms with van der Waals surface area (Å²) < 4.78 is 0. The number of hydrogen-bond donors (Lipinski definition) is 2. The molecular formula is C23H29N3O2. The number of hydrogen-bond acceptors (Lipinski definition) is 2. The summed E-state index contributed by atoms with van der Waals surface area (Å²) in [6.07, 6.45) is 1.36. The molecule has 5 nitrogen and oxygen atoms in total. The van der Waals surface area contributed by atoms with Gasteiger partial charge in [-0.15, -0.1) is 0 Å². The molecule has 1 heterocycles. The van der Waals surface area contributed by atoms with Crippen LogP contribution < -0.4 is 10.6 Å². The van der Waals surface area contributed by atoms with Crippen LogP contribution in [0.4, 0.5) is 16.2 Å². The molecule has 0 atom stereocenters. The first-order valence-corrected chi connectivity index (χ1v) is 9.97. The molecule has 2 N–H and O–H groups in total. The molecule has 0 aromatic heterocycles. The van der Waals surface area contributed by atoms with Crippen molar-refractivity contribution in [1.29, 1.82) is 0 Å². The molecule has 28 heavy (non-hydrogen) atoms. The minimum absolute atomic E-state index is 0.0549. The summed E-state index contributed by atoms with van der Waals surface area (Å²) >= 11 is 0. The summed E-state index contributed by atoms with van der Waals surface area (Å²) in [4.78, 5) is 27.0. The van der Waals surface area contributed by atoms with Gasteiger partial charge in [-0.05, 0) is 48.9 Å². The number of para-hydroxylation sites is 2. The van der Waals surface area contributed by atoms with Gasteiger partial charge in [-0.2, -0.15) is 0 Å². The maximum Gasteiger partial charge on any atom is 0.321 e. The van der Waals surface area contributed by atoms with Gasteiger partial charge < -0.3 is 15.5 Å². The Hall–Kier alpha value is -2.82. The number of benzene rings is 2. The van der Waals surface area contributed by atoms with E-state index < -0.39 is 0 Å². The number of nitrogens with zero attached hydrogens (tertiary/aromatic N) is 1. The Morgan fingerprint density at radius 2 is 1.64 bits per heavy atom. The average molecular weight is 380 g/mol. The van der Waals surface area contributed by atoms with Gasteiger partial charge in [0.05, 0.1) is 0 Å². The summed E-state index contributed by atoms with van der Waals surface area (Å²) in [5.41, 5.74) is 3.96. The lowest BCUT2D eigenvalue weighted by molar-refractivity contribution is -0.121. The van der Waals surface area contributed by atoms with E-state index in [2.05, 4.69) is 30.5 Å². The van der Waals surface area contributed by atoms with Crippen LogP contribution in [0.3, 0.4) is 0 Å². The lowest BCUT2D eigenvalue weighted by atomic mass is 9.94. The molecule has 0 bridgehead atoms. The number of aryl methyl sites for hydroxylation is 1. The molecule has 3 amide bonds. The zero-order valence-corrected chi connectivity index (χ0v) is 16.9. The number of anilines is 2. The molecule has 0 radical (unpaired) electrons. The first-order valence-electron chi connectivity index (χ1n) is 9.97. The summed E-state index contributed by atoms with van der Waals surface area (Å²) in [5.74, 6) is 0.332. The number of rotatable bonds is 4. The molecule has 2 aromatic rings. The van der Waals surface area contributed by atoms with E-state index in [1.54, 1.807) is 4.90 Å². The molecule has 148 valence electrons. The summed E-state index contributed by atoms with van der Waals surface area (Å²) in [7, 11) is 0. The number of nitrogens with one attached hydrogen (secondary N) is 2. The Labute approximate surface area is 167 Å². The molecule has 5 heteroatoms. The van der Waals surface area contributed by atoms with Gasteiger partial charge in [-0.1, -0.05) is 50.2 Å². The van der Waals surface area contributed by atoms with Crippen LogP contribution in [0, 0.1) is 12.8 Å². The van der Waals surface area contributed by atoms with E-state index in [1.807, 2.05) is 49.4 Å². The topological polar surface area (TPSA) is 61.4 Å². The molecule has 1 aliphatic heterocycles. The van der Waals surface area contributed by atoms with E-state index in [1.165, 1.54) is 0 Å². The van der Waals surface area contributed by atoms with Crippen LogP contribution in [0.5, 0.6) is 0 Å². The van der Waals surface area contributed by atoms with Gasteiger partial charge in [0.25, 0.3) is 0 Å².